The quantitative estimate of drug-likeness (QED) is 0.119. The van der Waals surface area contributed by atoms with E-state index < -0.39 is 12.2 Å². The molecule has 0 radical (unpaired) electrons. The Bertz CT molecular complexity index is 858. The molecule has 0 aromatic heterocycles. The molecule has 2 rings (SSSR count). The number of ether oxygens (including phenoxy) is 2. The summed E-state index contributed by atoms with van der Waals surface area (Å²) in [7, 11) is 0. The number of carbonyl (C=O) groups excluding carboxylic acids is 2. The van der Waals surface area contributed by atoms with E-state index in [2.05, 4.69) is 10.6 Å². The minimum atomic E-state index is -0.620. The zero-order chi connectivity index (χ0) is 25.8. The molecule has 8 nitrogen and oxygen atoms in total. The van der Waals surface area contributed by atoms with E-state index >= 15 is 0 Å². The lowest BCUT2D eigenvalue weighted by atomic mass is 10.0. The molecule has 0 aliphatic carbocycles. The van der Waals surface area contributed by atoms with Crippen LogP contribution in [0, 0.1) is 10.8 Å². The van der Waals surface area contributed by atoms with Crippen molar-refractivity contribution in [3.8, 4) is 11.5 Å². The van der Waals surface area contributed by atoms with Gasteiger partial charge in [0.2, 0.25) is 0 Å². The van der Waals surface area contributed by atoms with Gasteiger partial charge < -0.3 is 9.47 Å². The Kier molecular flexibility index (Phi) is 14.0. The Labute approximate surface area is 213 Å². The van der Waals surface area contributed by atoms with Crippen molar-refractivity contribution in [3.63, 3.8) is 0 Å². The Morgan fingerprint density at radius 1 is 0.528 bits per heavy atom. The number of para-hydroxylation sites is 2. The van der Waals surface area contributed by atoms with Gasteiger partial charge in [0.15, 0.2) is 0 Å². The van der Waals surface area contributed by atoms with Gasteiger partial charge in [-0.25, -0.2) is 9.59 Å². The number of carbonyl (C=O) groups is 2. The fourth-order valence-corrected chi connectivity index (χ4v) is 3.63. The number of hydrogen-bond donors (Lipinski definition) is 4. The maximum atomic E-state index is 11.8. The molecule has 8 heteroatoms. The van der Waals surface area contributed by atoms with E-state index in [-0.39, 0.29) is 11.7 Å². The summed E-state index contributed by atoms with van der Waals surface area (Å²) < 4.78 is 10.2. The number of amidine groups is 2. The number of amides is 2. The highest BCUT2D eigenvalue weighted by Gasteiger charge is 2.08. The van der Waals surface area contributed by atoms with Crippen LogP contribution in [0.3, 0.4) is 0 Å². The van der Waals surface area contributed by atoms with Crippen molar-refractivity contribution < 1.29 is 19.1 Å². The first-order valence-electron chi connectivity index (χ1n) is 12.8. The topological polar surface area (TPSA) is 124 Å². The maximum absolute atomic E-state index is 11.8. The number of benzene rings is 2. The van der Waals surface area contributed by atoms with Crippen LogP contribution in [0.4, 0.5) is 9.59 Å². The number of rotatable bonds is 15. The minimum absolute atomic E-state index is 0.187. The molecule has 0 unspecified atom stereocenters. The molecular weight excluding hydrogens is 456 g/mol. The summed E-state index contributed by atoms with van der Waals surface area (Å²) in [5.41, 5.74) is 0. The van der Waals surface area contributed by atoms with Crippen molar-refractivity contribution in [1.82, 2.24) is 10.6 Å². The van der Waals surface area contributed by atoms with Gasteiger partial charge in [-0.2, -0.15) is 0 Å². The lowest BCUT2D eigenvalue weighted by Crippen LogP contribution is -2.32. The van der Waals surface area contributed by atoms with Gasteiger partial charge in [0.1, 0.15) is 23.2 Å². The summed E-state index contributed by atoms with van der Waals surface area (Å²) in [5.74, 6) is 1.29. The fourth-order valence-electron chi connectivity index (χ4n) is 3.63. The Morgan fingerprint density at radius 3 is 1.17 bits per heavy atom. The number of nitrogens with one attached hydrogen (secondary N) is 4. The van der Waals surface area contributed by atoms with Crippen LogP contribution in [0.15, 0.2) is 60.7 Å². The van der Waals surface area contributed by atoms with Crippen molar-refractivity contribution in [1.29, 1.82) is 10.8 Å². The lowest BCUT2D eigenvalue weighted by Gasteiger charge is -2.08. The smallest absolute Gasteiger partial charge is 0.410 e. The van der Waals surface area contributed by atoms with Gasteiger partial charge >= 0.3 is 12.2 Å². The average Bonchev–Trinajstić information content (AvgIpc) is 2.85. The molecule has 4 N–H and O–H groups in total. The van der Waals surface area contributed by atoms with Crippen LogP contribution in [-0.4, -0.2) is 23.9 Å². The third-order valence-corrected chi connectivity index (χ3v) is 5.52. The first-order valence-corrected chi connectivity index (χ1v) is 12.8. The number of hydrogen-bond acceptors (Lipinski definition) is 6. The van der Waals surface area contributed by atoms with E-state index in [9.17, 15) is 9.59 Å². The van der Waals surface area contributed by atoms with Gasteiger partial charge in [0.25, 0.3) is 0 Å². The van der Waals surface area contributed by atoms with E-state index in [0.717, 1.165) is 38.5 Å². The fraction of sp³-hybridized carbons (Fsp3) is 0.429. The number of unbranched alkanes of at least 4 members (excludes halogenated alkanes) is 9. The first kappa shape index (κ1) is 28.6. The van der Waals surface area contributed by atoms with Gasteiger partial charge in [-0.1, -0.05) is 87.8 Å². The monoisotopic (exact) mass is 494 g/mol. The SMILES string of the molecule is N=C(CCCCCCCCCCCCC(=N)NC(=O)Oc1ccccc1)NC(=O)Oc1ccccc1. The Hall–Kier alpha value is -3.68. The second-order valence-corrected chi connectivity index (χ2v) is 8.65. The lowest BCUT2D eigenvalue weighted by molar-refractivity contribution is 0.204. The van der Waals surface area contributed by atoms with E-state index in [1.165, 1.54) is 25.7 Å². The van der Waals surface area contributed by atoms with Crippen molar-refractivity contribution >= 4 is 23.9 Å². The Balaban J connectivity index is 1.35. The van der Waals surface area contributed by atoms with Gasteiger partial charge in [0.05, 0.1) is 0 Å². The zero-order valence-corrected chi connectivity index (χ0v) is 20.9. The molecule has 0 saturated heterocycles. The molecule has 194 valence electrons. The van der Waals surface area contributed by atoms with Crippen molar-refractivity contribution in [2.24, 2.45) is 0 Å². The first-order chi connectivity index (χ1) is 17.5. The van der Waals surface area contributed by atoms with Gasteiger partial charge in [-0.05, 0) is 37.1 Å². The van der Waals surface area contributed by atoms with Gasteiger partial charge in [-0.3, -0.25) is 21.5 Å². The maximum Gasteiger partial charge on any atom is 0.418 e. The molecular formula is C28H38N4O4. The van der Waals surface area contributed by atoms with Crippen LogP contribution in [0.1, 0.15) is 77.0 Å². The van der Waals surface area contributed by atoms with E-state index in [1.54, 1.807) is 48.5 Å². The standard InChI is InChI=1S/C28H38N4O4/c29-25(31-27(33)35-23-17-11-9-12-18-23)21-15-7-5-3-1-2-4-6-8-16-22-26(30)32-28(34)36-24-19-13-10-14-20-24/h9-14,17-20H,1-8,15-16,21-22H2,(H2,29,31,33)(H2,30,32,34). The van der Waals surface area contributed by atoms with E-state index in [1.807, 2.05) is 12.1 Å². The normalized spacial score (nSPS) is 10.3. The highest BCUT2D eigenvalue weighted by molar-refractivity contribution is 5.94. The molecule has 2 amide bonds. The molecule has 0 spiro atoms. The van der Waals surface area contributed by atoms with E-state index in [4.69, 9.17) is 20.3 Å². The summed E-state index contributed by atoms with van der Waals surface area (Å²) in [6.07, 6.45) is 10.7. The highest BCUT2D eigenvalue weighted by Crippen LogP contribution is 2.13. The largest absolute Gasteiger partial charge is 0.418 e. The molecule has 0 heterocycles. The van der Waals surface area contributed by atoms with Crippen LogP contribution < -0.4 is 20.1 Å². The predicted molar refractivity (Wildman–Crippen MR) is 142 cm³/mol. The van der Waals surface area contributed by atoms with E-state index in [0.29, 0.717) is 24.3 Å². The summed E-state index contributed by atoms with van der Waals surface area (Å²) in [4.78, 5) is 23.5. The second kappa shape index (κ2) is 17.7. The Morgan fingerprint density at radius 2 is 0.833 bits per heavy atom. The summed E-state index contributed by atoms with van der Waals surface area (Å²) in [6.45, 7) is 0. The minimum Gasteiger partial charge on any atom is -0.410 e. The highest BCUT2D eigenvalue weighted by atomic mass is 16.6. The van der Waals surface area contributed by atoms with Crippen molar-refractivity contribution in [2.45, 2.75) is 77.0 Å². The molecule has 0 fully saturated rings. The molecule has 2 aromatic rings. The third-order valence-electron chi connectivity index (χ3n) is 5.52. The summed E-state index contributed by atoms with van der Waals surface area (Å²) in [5, 5.41) is 20.7. The van der Waals surface area contributed by atoms with Crippen molar-refractivity contribution in [3.05, 3.63) is 60.7 Å². The van der Waals surface area contributed by atoms with Crippen LogP contribution in [-0.2, 0) is 0 Å². The molecule has 0 aliphatic rings. The zero-order valence-electron chi connectivity index (χ0n) is 20.9. The third kappa shape index (κ3) is 13.9. The van der Waals surface area contributed by atoms with Crippen LogP contribution in [0.2, 0.25) is 0 Å². The molecule has 0 aliphatic heterocycles. The van der Waals surface area contributed by atoms with Crippen molar-refractivity contribution in [2.75, 3.05) is 0 Å². The predicted octanol–water partition coefficient (Wildman–Crippen LogP) is 7.20. The van der Waals surface area contributed by atoms with Crippen LogP contribution in [0.5, 0.6) is 11.5 Å². The van der Waals surface area contributed by atoms with Gasteiger partial charge in [-0.15, -0.1) is 0 Å². The summed E-state index contributed by atoms with van der Waals surface area (Å²) in [6, 6.07) is 17.6. The van der Waals surface area contributed by atoms with Gasteiger partial charge in [0, 0.05) is 12.8 Å². The molecule has 0 saturated carbocycles. The molecule has 36 heavy (non-hydrogen) atoms. The summed E-state index contributed by atoms with van der Waals surface area (Å²) >= 11 is 0. The molecule has 0 bridgehead atoms. The van der Waals surface area contributed by atoms with Crippen LogP contribution in [0.25, 0.3) is 0 Å². The van der Waals surface area contributed by atoms with Crippen LogP contribution >= 0.6 is 0 Å². The second-order valence-electron chi connectivity index (χ2n) is 8.65. The molecule has 0 atom stereocenters. The molecule has 2 aromatic carbocycles. The average molecular weight is 495 g/mol.